The van der Waals surface area contributed by atoms with E-state index in [1.54, 1.807) is 0 Å². The smallest absolute Gasteiger partial charge is 0.365 e. The number of carbonyl (C=O) groups is 2. The Kier molecular flexibility index (Phi) is 1410. The molecule has 1 heterocycles. The minimum absolute atomic E-state index is 0. The van der Waals surface area contributed by atoms with E-state index in [1.807, 2.05) is 0 Å². The van der Waals surface area contributed by atoms with E-state index in [-0.39, 0.29) is 1350 Å². The van der Waals surface area contributed by atoms with Crippen LogP contribution in [0.2, 0.25) is 0 Å². The molecule has 41 radical (unpaired) electrons. The molecule has 0 atom stereocenters. The van der Waals surface area contributed by atoms with Crippen LogP contribution in [0.4, 0.5) is 0 Å². The van der Waals surface area contributed by atoms with Crippen molar-refractivity contribution >= 4 is 11.9 Å². The molecule has 0 aromatic carbocycles. The standard InChI is InChI=1S/C3H2O6.CH4.41Y/c4-1-2(5)9-3(6,7)8-1;;;;;;;;;;;;;;;;;;;;;;;;;;;;;;;;;;;;;;;;;;/h6-7H;1H4;;;;;;;;;;;;;;;;;;;;;;;;;;;;;;;;;;;;;;;;;. The van der Waals surface area contributed by atoms with Gasteiger partial charge >= 0.3 is 18.1 Å². The maximum Gasteiger partial charge on any atom is 0.509 e. The van der Waals surface area contributed by atoms with Crippen molar-refractivity contribution in [1.29, 1.82) is 0 Å². The third kappa shape index (κ3) is 236. The summed E-state index contributed by atoms with van der Waals surface area (Å²) in [5, 5.41) is 16.4. The molecule has 1 saturated heterocycles. The van der Waals surface area contributed by atoms with Gasteiger partial charge in [-0.15, -0.1) is 0 Å². The van der Waals surface area contributed by atoms with Crippen molar-refractivity contribution in [3.05, 3.63) is 0 Å². The van der Waals surface area contributed by atoms with Crippen LogP contribution in [0, 0.1) is 0 Å². The molecule has 6 nitrogen and oxygen atoms in total. The van der Waals surface area contributed by atoms with Gasteiger partial charge in [0.15, 0.2) is 0 Å². The minimum atomic E-state index is -3.06. The van der Waals surface area contributed by atoms with E-state index in [2.05, 4.69) is 9.47 Å². The van der Waals surface area contributed by atoms with Crippen molar-refractivity contribution in [2.75, 3.05) is 0 Å². The van der Waals surface area contributed by atoms with E-state index in [9.17, 15) is 9.59 Å². The summed E-state index contributed by atoms with van der Waals surface area (Å²) >= 11 is 0. The summed E-state index contributed by atoms with van der Waals surface area (Å²) in [5.41, 5.74) is 0. The van der Waals surface area contributed by atoms with Gasteiger partial charge in [0.1, 0.15) is 0 Å². The molecular weight excluding hydrogens is 3790 g/mol. The molecule has 51 heavy (non-hydrogen) atoms. The van der Waals surface area contributed by atoms with Gasteiger partial charge in [-0.05, 0) is 0 Å². The second kappa shape index (κ2) is 242. The van der Waals surface area contributed by atoms with Gasteiger partial charge < -0.3 is 9.47 Å². The largest absolute Gasteiger partial charge is 0.509 e. The zero-order chi connectivity index (χ0) is 7.07. The molecule has 0 bridgehead atoms. The van der Waals surface area contributed by atoms with Gasteiger partial charge in [-0.3, -0.25) is 10.2 Å². The molecule has 0 aliphatic carbocycles. The molecule has 1 aliphatic heterocycles. The number of cyclic esters (lactones) is 2. The van der Waals surface area contributed by atoms with E-state index >= 15 is 0 Å². The predicted octanol–water partition coefficient (Wildman–Crippen LogP) is -1.78. The average molecular weight is 3800 g/mol. The minimum Gasteiger partial charge on any atom is -0.365 e. The molecule has 181 valence electrons. The Hall–Kier alpha value is 44.1. The Balaban J connectivity index is -0.000000000482. The number of aliphatic hydroxyl groups is 2. The molecule has 0 aromatic rings. The second-order valence-electron chi connectivity index (χ2n) is 1.33. The van der Waals surface area contributed by atoms with E-state index in [0.29, 0.717) is 0 Å². The summed E-state index contributed by atoms with van der Waals surface area (Å²) in [6.07, 6.45) is -3.06. The Morgan fingerprint density at radius 1 is 0.235 bits per heavy atom. The molecule has 0 unspecified atom stereocenters. The third-order valence-corrected chi connectivity index (χ3v) is 0.618. The van der Waals surface area contributed by atoms with Crippen molar-refractivity contribution in [2.45, 2.75) is 13.6 Å². The maximum atomic E-state index is 9.97. The first-order valence-electron chi connectivity index (χ1n) is 1.92. The van der Waals surface area contributed by atoms with Crippen LogP contribution in [0.1, 0.15) is 7.43 Å². The van der Waals surface area contributed by atoms with E-state index in [1.165, 1.54) is 0 Å². The van der Waals surface area contributed by atoms with Crippen LogP contribution in [0.25, 0.3) is 0 Å². The van der Waals surface area contributed by atoms with Crippen molar-refractivity contribution in [1.82, 2.24) is 0 Å². The van der Waals surface area contributed by atoms with Gasteiger partial charge in [-0.2, -0.15) is 0 Å². The number of hydrogen-bond acceptors (Lipinski definition) is 6. The Labute approximate surface area is 1340 Å². The van der Waals surface area contributed by atoms with Gasteiger partial charge in [0.2, 0.25) is 0 Å². The molecule has 47 heteroatoms. The first-order valence-corrected chi connectivity index (χ1v) is 1.92. The number of ether oxygens (including phenoxy) is 2. The molecule has 0 spiro atoms. The maximum absolute atomic E-state index is 9.97. The summed E-state index contributed by atoms with van der Waals surface area (Å²) in [5.74, 6) is -2.83. The van der Waals surface area contributed by atoms with Gasteiger partial charge in [0.05, 0.1) is 0 Å². The van der Waals surface area contributed by atoms with Gasteiger partial charge in [-0.1, -0.05) is 7.43 Å². The van der Waals surface area contributed by atoms with Crippen molar-refractivity contribution in [3.8, 4) is 0 Å². The van der Waals surface area contributed by atoms with Crippen LogP contribution in [0.3, 0.4) is 0 Å². The SMILES string of the molecule is C.O=C1OC(O)(O)OC1=O.[Y].[Y].[Y].[Y].[Y].[Y].[Y].[Y].[Y].[Y].[Y].[Y].[Y].[Y].[Y].[Y].[Y].[Y].[Y].[Y].[Y].[Y].[Y].[Y].[Y].[Y].[Y].[Y].[Y].[Y].[Y].[Y].[Y].[Y].[Y].[Y].[Y].[Y].[Y].[Y].[Y]. The van der Waals surface area contributed by atoms with Crippen LogP contribution in [-0.4, -0.2) is 28.3 Å². The van der Waals surface area contributed by atoms with Gasteiger partial charge in [-0.25, -0.2) is 9.59 Å². The van der Waals surface area contributed by atoms with Crippen LogP contribution in [0.15, 0.2) is 0 Å². The first-order chi connectivity index (χ1) is 4.01. The van der Waals surface area contributed by atoms with Crippen LogP contribution >= 0.6 is 0 Å². The number of esters is 2. The molecule has 1 aliphatic rings. The van der Waals surface area contributed by atoms with Gasteiger partial charge in [0, 0.05) is 1340 Å². The Morgan fingerprint density at radius 3 is 0.314 bits per heavy atom. The number of carbonyl (C=O) groups excluding carboxylic acids is 2. The fourth-order valence-electron chi connectivity index (χ4n) is 0.346. The van der Waals surface area contributed by atoms with Crippen molar-refractivity contribution in [3.63, 3.8) is 0 Å². The molecule has 1 fully saturated rings. The second-order valence-corrected chi connectivity index (χ2v) is 1.33. The monoisotopic (exact) mass is 3800 g/mol. The zero-order valence-corrected chi connectivity index (χ0v) is 144. The predicted molar refractivity (Wildman–Crippen MR) is 26.1 cm³/mol. The summed E-state index contributed by atoms with van der Waals surface area (Å²) < 4.78 is 7.12. The number of rotatable bonds is 0. The third-order valence-electron chi connectivity index (χ3n) is 0.618. The molecule has 1 rings (SSSR count). The molecule has 2 N–H and O–H groups in total. The first kappa shape index (κ1) is 299. The van der Waals surface area contributed by atoms with Crippen molar-refractivity contribution < 1.29 is 1370 Å². The van der Waals surface area contributed by atoms with E-state index < -0.39 is 18.1 Å². The van der Waals surface area contributed by atoms with Crippen LogP contribution in [-0.2, 0) is 1360 Å². The van der Waals surface area contributed by atoms with Crippen LogP contribution < -0.4 is 0 Å². The molecule has 0 saturated carbocycles. The fraction of sp³-hybridized carbons (Fsp3) is 0.500. The zero-order valence-electron chi connectivity index (χ0n) is 27.7. The topological polar surface area (TPSA) is 93.1 Å². The molecule has 0 aromatic heterocycles. The van der Waals surface area contributed by atoms with Gasteiger partial charge in [0.25, 0.3) is 0 Å². The summed E-state index contributed by atoms with van der Waals surface area (Å²) in [7, 11) is 0. The summed E-state index contributed by atoms with van der Waals surface area (Å²) in [6.45, 7) is 0. The fourth-order valence-corrected chi connectivity index (χ4v) is 0.346. The van der Waals surface area contributed by atoms with Crippen molar-refractivity contribution in [2.24, 2.45) is 0 Å². The Bertz CT molecular complexity index is 189. The summed E-state index contributed by atoms with van der Waals surface area (Å²) in [4.78, 5) is 19.9. The van der Waals surface area contributed by atoms with E-state index in [4.69, 9.17) is 10.2 Å². The normalized spacial score (nSPS) is 4.12. The van der Waals surface area contributed by atoms with Crippen LogP contribution in [0.5, 0.6) is 0 Å². The van der Waals surface area contributed by atoms with E-state index in [0.717, 1.165) is 0 Å². The quantitative estimate of drug-likeness (QED) is 0.170. The Morgan fingerprint density at radius 2 is 0.294 bits per heavy atom. The molecular formula is C4H6O6Y41. The molecule has 0 amide bonds. The average Bonchev–Trinajstić information content (AvgIpc) is 1.79. The number of hydrogen-bond donors (Lipinski definition) is 2. The summed E-state index contributed by atoms with van der Waals surface area (Å²) in [6, 6.07) is 0.